The maximum absolute atomic E-state index is 5.67. The summed E-state index contributed by atoms with van der Waals surface area (Å²) in [6.07, 6.45) is 5.15. The lowest BCUT2D eigenvalue weighted by atomic mass is 9.74. The molecule has 0 fully saturated rings. The summed E-state index contributed by atoms with van der Waals surface area (Å²) in [7, 11) is 0. The number of rotatable bonds is 3. The molecule has 0 saturated heterocycles. The summed E-state index contributed by atoms with van der Waals surface area (Å²) in [5.74, 6) is 0.385. The molecule has 0 bridgehead atoms. The summed E-state index contributed by atoms with van der Waals surface area (Å²) in [4.78, 5) is 8.52. The van der Waals surface area contributed by atoms with Gasteiger partial charge in [-0.05, 0) is 31.2 Å². The normalized spacial score (nSPS) is 22.2. The molecule has 0 spiro atoms. The van der Waals surface area contributed by atoms with Crippen molar-refractivity contribution >= 4 is 5.95 Å². The van der Waals surface area contributed by atoms with Crippen LogP contribution in [0.5, 0.6) is 0 Å². The molecule has 3 N–H and O–H groups in total. The average Bonchev–Trinajstić information content (AvgIpc) is 2.23. The van der Waals surface area contributed by atoms with E-state index in [1.807, 2.05) is 6.20 Å². The van der Waals surface area contributed by atoms with Crippen molar-refractivity contribution in [3.8, 4) is 0 Å². The monoisotopic (exact) mass is 234 g/mol. The largest absolute Gasteiger partial charge is 0.368 e. The van der Waals surface area contributed by atoms with Gasteiger partial charge in [0.1, 0.15) is 0 Å². The van der Waals surface area contributed by atoms with E-state index < -0.39 is 0 Å². The number of aromatic nitrogens is 2. The highest BCUT2D eigenvalue weighted by Gasteiger charge is 2.33. The smallest absolute Gasteiger partial charge is 0.220 e. The van der Waals surface area contributed by atoms with Crippen LogP contribution in [0.1, 0.15) is 50.9 Å². The third-order valence-electron chi connectivity index (χ3n) is 3.34. The predicted octanol–water partition coefficient (Wildman–Crippen LogP) is 2.07. The number of nitrogens with two attached hydrogens (primary N) is 1. The fraction of sp³-hybridized carbons (Fsp3) is 0.692. The Morgan fingerprint density at radius 1 is 1.53 bits per heavy atom. The van der Waals surface area contributed by atoms with E-state index in [1.165, 1.54) is 5.56 Å². The van der Waals surface area contributed by atoms with Crippen molar-refractivity contribution in [3.05, 3.63) is 17.5 Å². The zero-order valence-electron chi connectivity index (χ0n) is 11.0. The quantitative estimate of drug-likeness (QED) is 0.840. The summed E-state index contributed by atoms with van der Waals surface area (Å²) < 4.78 is 0. The fourth-order valence-electron chi connectivity index (χ4n) is 2.56. The molecule has 1 aromatic rings. The lowest BCUT2D eigenvalue weighted by molar-refractivity contribution is 0.254. The highest BCUT2D eigenvalue weighted by atomic mass is 15.0. The minimum absolute atomic E-state index is 0.277. The van der Waals surface area contributed by atoms with Crippen LogP contribution in [0.4, 0.5) is 5.95 Å². The Labute approximate surface area is 103 Å². The Morgan fingerprint density at radius 3 is 3.00 bits per heavy atom. The first-order valence-corrected chi connectivity index (χ1v) is 6.36. The van der Waals surface area contributed by atoms with Crippen LogP contribution in [0.3, 0.4) is 0 Å². The van der Waals surface area contributed by atoms with Crippen molar-refractivity contribution in [1.29, 1.82) is 0 Å². The van der Waals surface area contributed by atoms with Crippen LogP contribution in [-0.4, -0.2) is 16.5 Å². The summed E-state index contributed by atoms with van der Waals surface area (Å²) in [5.41, 5.74) is 8.29. The number of nitrogens with zero attached hydrogens (tertiary/aromatic N) is 2. The Hall–Kier alpha value is -1.16. The van der Waals surface area contributed by atoms with E-state index in [4.69, 9.17) is 5.73 Å². The topological polar surface area (TPSA) is 63.8 Å². The lowest BCUT2D eigenvalue weighted by Gasteiger charge is -2.36. The molecule has 4 heteroatoms. The molecule has 1 aromatic heterocycles. The lowest BCUT2D eigenvalue weighted by Crippen LogP contribution is -2.34. The molecule has 1 atom stereocenters. The predicted molar refractivity (Wildman–Crippen MR) is 69.6 cm³/mol. The molecule has 0 saturated carbocycles. The van der Waals surface area contributed by atoms with Crippen LogP contribution < -0.4 is 11.1 Å². The van der Waals surface area contributed by atoms with E-state index in [0.29, 0.717) is 12.0 Å². The van der Waals surface area contributed by atoms with E-state index >= 15 is 0 Å². The van der Waals surface area contributed by atoms with Gasteiger partial charge in [-0.15, -0.1) is 0 Å². The van der Waals surface area contributed by atoms with Crippen molar-refractivity contribution in [2.45, 2.75) is 46.1 Å². The van der Waals surface area contributed by atoms with Gasteiger partial charge in [-0.3, -0.25) is 0 Å². The van der Waals surface area contributed by atoms with Gasteiger partial charge in [0.15, 0.2) is 0 Å². The molecule has 17 heavy (non-hydrogen) atoms. The van der Waals surface area contributed by atoms with Gasteiger partial charge in [0.25, 0.3) is 0 Å². The van der Waals surface area contributed by atoms with Gasteiger partial charge < -0.3 is 11.1 Å². The molecule has 1 aliphatic carbocycles. The second-order valence-electron chi connectivity index (χ2n) is 5.68. The second kappa shape index (κ2) is 4.61. The maximum atomic E-state index is 5.67. The molecule has 0 radical (unpaired) electrons. The van der Waals surface area contributed by atoms with Gasteiger partial charge in [0.05, 0.1) is 5.69 Å². The Kier molecular flexibility index (Phi) is 3.33. The number of hydrogen-bond donors (Lipinski definition) is 2. The minimum atomic E-state index is 0.277. The van der Waals surface area contributed by atoms with Crippen molar-refractivity contribution in [1.82, 2.24) is 15.3 Å². The summed E-state index contributed by atoms with van der Waals surface area (Å²) in [6.45, 7) is 7.79. The van der Waals surface area contributed by atoms with Gasteiger partial charge in [-0.25, -0.2) is 9.97 Å². The van der Waals surface area contributed by atoms with Crippen LogP contribution in [0.15, 0.2) is 6.20 Å². The van der Waals surface area contributed by atoms with Crippen molar-refractivity contribution < 1.29 is 0 Å². The molecule has 94 valence electrons. The average molecular weight is 234 g/mol. The van der Waals surface area contributed by atoms with Crippen molar-refractivity contribution in [3.63, 3.8) is 0 Å². The highest BCUT2D eigenvalue weighted by molar-refractivity contribution is 5.31. The summed E-state index contributed by atoms with van der Waals surface area (Å²) in [5, 5.41) is 3.58. The molecule has 1 aliphatic rings. The molecule has 2 rings (SSSR count). The molecule has 0 aromatic carbocycles. The van der Waals surface area contributed by atoms with Gasteiger partial charge in [-0.2, -0.15) is 0 Å². The van der Waals surface area contributed by atoms with E-state index in [2.05, 4.69) is 36.1 Å². The number of fused-ring (bicyclic) bond motifs is 1. The van der Waals surface area contributed by atoms with Crippen LogP contribution >= 0.6 is 0 Å². The molecular formula is C13H22N4. The molecule has 1 unspecified atom stereocenters. The van der Waals surface area contributed by atoms with E-state index in [9.17, 15) is 0 Å². The summed E-state index contributed by atoms with van der Waals surface area (Å²) >= 11 is 0. The van der Waals surface area contributed by atoms with E-state index in [-0.39, 0.29) is 5.41 Å². The number of anilines is 1. The third kappa shape index (κ3) is 2.75. The summed E-state index contributed by atoms with van der Waals surface area (Å²) in [6, 6.07) is 0.370. The molecular weight excluding hydrogens is 212 g/mol. The zero-order valence-corrected chi connectivity index (χ0v) is 11.0. The Balaban J connectivity index is 2.30. The Morgan fingerprint density at radius 2 is 2.29 bits per heavy atom. The van der Waals surface area contributed by atoms with Gasteiger partial charge in [0.2, 0.25) is 5.95 Å². The van der Waals surface area contributed by atoms with Crippen molar-refractivity contribution in [2.75, 3.05) is 12.3 Å². The molecule has 4 nitrogen and oxygen atoms in total. The maximum Gasteiger partial charge on any atom is 0.220 e. The molecule has 1 heterocycles. The van der Waals surface area contributed by atoms with Gasteiger partial charge in [-0.1, -0.05) is 20.8 Å². The first kappa shape index (κ1) is 12.3. The molecule has 0 amide bonds. The highest BCUT2D eigenvalue weighted by Crippen LogP contribution is 2.39. The first-order valence-electron chi connectivity index (χ1n) is 6.36. The Bertz CT molecular complexity index is 400. The molecule has 0 aliphatic heterocycles. The third-order valence-corrected chi connectivity index (χ3v) is 3.34. The van der Waals surface area contributed by atoms with Crippen molar-refractivity contribution in [2.24, 2.45) is 5.41 Å². The number of nitrogen functional groups attached to an aromatic ring is 1. The second-order valence-corrected chi connectivity index (χ2v) is 5.68. The van der Waals surface area contributed by atoms with E-state index in [1.54, 1.807) is 0 Å². The van der Waals surface area contributed by atoms with Gasteiger partial charge >= 0.3 is 0 Å². The van der Waals surface area contributed by atoms with Crippen LogP contribution in [-0.2, 0) is 6.42 Å². The number of nitrogens with one attached hydrogen (secondary N) is 1. The SMILES string of the molecule is CCCNC1CC(C)(C)Cc2nc(N)ncc21. The van der Waals surface area contributed by atoms with Gasteiger partial charge in [0, 0.05) is 17.8 Å². The van der Waals surface area contributed by atoms with Crippen LogP contribution in [0, 0.1) is 5.41 Å². The van der Waals surface area contributed by atoms with E-state index in [0.717, 1.165) is 31.5 Å². The zero-order chi connectivity index (χ0) is 12.5. The number of hydrogen-bond acceptors (Lipinski definition) is 4. The standard InChI is InChI=1S/C13H22N4/c1-4-5-15-10-6-13(2,3)7-11-9(10)8-16-12(14)17-11/h8,10,15H,4-7H2,1-3H3,(H2,14,16,17). The fourth-order valence-corrected chi connectivity index (χ4v) is 2.56. The van der Waals surface area contributed by atoms with Crippen LogP contribution in [0.2, 0.25) is 0 Å². The minimum Gasteiger partial charge on any atom is -0.368 e. The van der Waals surface area contributed by atoms with Crippen LogP contribution in [0.25, 0.3) is 0 Å². The first-order chi connectivity index (χ1) is 8.02.